The van der Waals surface area contributed by atoms with Crippen molar-refractivity contribution in [3.63, 3.8) is 0 Å². The average molecular weight is 452 g/mol. The van der Waals surface area contributed by atoms with E-state index in [0.29, 0.717) is 22.2 Å². The lowest BCUT2D eigenvalue weighted by Crippen LogP contribution is -2.06. The third-order valence-corrected chi connectivity index (χ3v) is 6.02. The molecule has 0 atom stereocenters. The van der Waals surface area contributed by atoms with Crippen LogP contribution in [0.25, 0.3) is 23.0 Å². The van der Waals surface area contributed by atoms with Crippen LogP contribution in [0.15, 0.2) is 59.1 Å². The number of aromatic hydroxyl groups is 1. The second-order valence-corrected chi connectivity index (χ2v) is 8.31. The maximum Gasteiger partial charge on any atom is 0.264 e. The number of phenolic OH excluding ortho intramolecular Hbond substituents is 1. The van der Waals surface area contributed by atoms with E-state index >= 15 is 0 Å². The van der Waals surface area contributed by atoms with E-state index in [1.54, 1.807) is 36.5 Å². The molecule has 32 heavy (non-hydrogen) atoms. The summed E-state index contributed by atoms with van der Waals surface area (Å²) in [4.78, 5) is 13.1. The van der Waals surface area contributed by atoms with E-state index < -0.39 is 11.6 Å². The van der Waals surface area contributed by atoms with Gasteiger partial charge in [0.2, 0.25) is 5.89 Å². The Labute approximate surface area is 188 Å². The van der Waals surface area contributed by atoms with Crippen LogP contribution >= 0.6 is 11.6 Å². The maximum atomic E-state index is 13.7. The monoisotopic (exact) mass is 451 g/mol. The summed E-state index contributed by atoms with van der Waals surface area (Å²) in [5, 5.41) is 19.0. The number of benzene rings is 2. The van der Waals surface area contributed by atoms with Crippen LogP contribution in [0, 0.1) is 5.82 Å². The number of phenols is 1. The van der Waals surface area contributed by atoms with Crippen molar-refractivity contribution in [1.29, 1.82) is 0 Å². The molecule has 6 nitrogen and oxygen atoms in total. The SMILES string of the molecule is O=C(c1cc(-c2nnc(-c3ccc(Cl)cc3)o2)n(C2CCCC2)c1)c1cc(F)ccc1O. The molecule has 1 aliphatic carbocycles. The van der Waals surface area contributed by atoms with Gasteiger partial charge in [-0.3, -0.25) is 4.79 Å². The van der Waals surface area contributed by atoms with Gasteiger partial charge in [-0.15, -0.1) is 10.2 Å². The molecule has 1 aliphatic rings. The molecule has 2 heterocycles. The molecule has 5 rings (SSSR count). The lowest BCUT2D eigenvalue weighted by Gasteiger charge is -2.14. The van der Waals surface area contributed by atoms with E-state index in [1.807, 2.05) is 4.57 Å². The normalized spacial score (nSPS) is 14.2. The second-order valence-electron chi connectivity index (χ2n) is 7.87. The highest BCUT2D eigenvalue weighted by Crippen LogP contribution is 2.36. The molecule has 8 heteroatoms. The minimum absolute atomic E-state index is 0.0903. The van der Waals surface area contributed by atoms with Crippen molar-refractivity contribution < 1.29 is 18.7 Å². The number of rotatable bonds is 5. The zero-order valence-corrected chi connectivity index (χ0v) is 17.7. The highest BCUT2D eigenvalue weighted by atomic mass is 35.5. The standard InChI is InChI=1S/C24H19ClFN3O3/c25-16-7-5-14(6-8-16)23-27-28-24(32-23)20-11-15(13-29(20)18-3-1-2-4-18)22(31)19-12-17(26)9-10-21(19)30/h5-13,18,30H,1-4H2. The summed E-state index contributed by atoms with van der Waals surface area (Å²) in [6, 6.07) is 12.2. The molecule has 1 fully saturated rings. The van der Waals surface area contributed by atoms with Crippen LogP contribution in [0.1, 0.15) is 47.6 Å². The Balaban J connectivity index is 1.56. The van der Waals surface area contributed by atoms with Gasteiger partial charge in [0, 0.05) is 28.4 Å². The smallest absolute Gasteiger partial charge is 0.264 e. The minimum atomic E-state index is -0.592. The summed E-state index contributed by atoms with van der Waals surface area (Å²) in [5.41, 5.74) is 1.57. The van der Waals surface area contributed by atoms with Crippen LogP contribution in [-0.2, 0) is 0 Å². The first-order valence-electron chi connectivity index (χ1n) is 10.3. The fourth-order valence-electron chi connectivity index (χ4n) is 4.14. The van der Waals surface area contributed by atoms with Crippen molar-refractivity contribution in [1.82, 2.24) is 14.8 Å². The third kappa shape index (κ3) is 3.80. The topological polar surface area (TPSA) is 81.2 Å². The van der Waals surface area contributed by atoms with Gasteiger partial charge in [0.15, 0.2) is 5.78 Å². The number of ketones is 1. The van der Waals surface area contributed by atoms with Crippen molar-refractivity contribution in [2.24, 2.45) is 0 Å². The molecule has 4 aromatic rings. The molecule has 0 radical (unpaired) electrons. The van der Waals surface area contributed by atoms with E-state index in [1.165, 1.54) is 6.07 Å². The van der Waals surface area contributed by atoms with E-state index in [4.69, 9.17) is 16.0 Å². The summed E-state index contributed by atoms with van der Waals surface area (Å²) >= 11 is 5.95. The van der Waals surface area contributed by atoms with Gasteiger partial charge in [0.1, 0.15) is 17.3 Å². The van der Waals surface area contributed by atoms with Gasteiger partial charge >= 0.3 is 0 Å². The zero-order valence-electron chi connectivity index (χ0n) is 17.0. The quantitative estimate of drug-likeness (QED) is 0.373. The summed E-state index contributed by atoms with van der Waals surface area (Å²) in [7, 11) is 0. The van der Waals surface area contributed by atoms with Crippen molar-refractivity contribution in [2.75, 3.05) is 0 Å². The van der Waals surface area contributed by atoms with E-state index in [2.05, 4.69) is 10.2 Å². The van der Waals surface area contributed by atoms with Gasteiger partial charge in [-0.1, -0.05) is 24.4 Å². The fourth-order valence-corrected chi connectivity index (χ4v) is 4.27. The van der Waals surface area contributed by atoms with Crippen LogP contribution in [0.2, 0.25) is 5.02 Å². The number of halogens is 2. The Hall–Kier alpha value is -3.45. The molecule has 0 unspecified atom stereocenters. The number of aromatic nitrogens is 3. The highest BCUT2D eigenvalue weighted by Gasteiger charge is 2.26. The van der Waals surface area contributed by atoms with Crippen molar-refractivity contribution in [3.8, 4) is 28.8 Å². The lowest BCUT2D eigenvalue weighted by atomic mass is 10.0. The first-order valence-corrected chi connectivity index (χ1v) is 10.7. The number of carbonyl (C=O) groups excluding carboxylic acids is 1. The van der Waals surface area contributed by atoms with Crippen molar-refractivity contribution in [3.05, 3.63) is 76.7 Å². The minimum Gasteiger partial charge on any atom is -0.507 e. The van der Waals surface area contributed by atoms with Crippen molar-refractivity contribution >= 4 is 17.4 Å². The Kier molecular flexibility index (Phi) is 5.27. The summed E-state index contributed by atoms with van der Waals surface area (Å²) in [6.07, 6.45) is 5.85. The highest BCUT2D eigenvalue weighted by molar-refractivity contribution is 6.30. The van der Waals surface area contributed by atoms with Gasteiger partial charge in [-0.2, -0.15) is 0 Å². The predicted molar refractivity (Wildman–Crippen MR) is 117 cm³/mol. The van der Waals surface area contributed by atoms with Crippen LogP contribution in [0.4, 0.5) is 4.39 Å². The summed E-state index contributed by atoms with van der Waals surface area (Å²) < 4.78 is 21.6. The van der Waals surface area contributed by atoms with Gasteiger partial charge in [-0.25, -0.2) is 4.39 Å². The van der Waals surface area contributed by atoms with Crippen LogP contribution in [-0.4, -0.2) is 25.7 Å². The maximum absolute atomic E-state index is 13.7. The average Bonchev–Trinajstić information content (AvgIpc) is 3.55. The molecule has 0 spiro atoms. The largest absolute Gasteiger partial charge is 0.507 e. The lowest BCUT2D eigenvalue weighted by molar-refractivity contribution is 0.103. The van der Waals surface area contributed by atoms with Crippen LogP contribution in [0.3, 0.4) is 0 Å². The molecule has 0 bridgehead atoms. The number of hydrogen-bond acceptors (Lipinski definition) is 5. The summed E-state index contributed by atoms with van der Waals surface area (Å²) in [5.74, 6) is -0.714. The number of hydrogen-bond donors (Lipinski definition) is 1. The first-order chi connectivity index (χ1) is 15.5. The summed E-state index contributed by atoms with van der Waals surface area (Å²) in [6.45, 7) is 0. The van der Waals surface area contributed by atoms with E-state index in [-0.39, 0.29) is 23.2 Å². The van der Waals surface area contributed by atoms with Crippen LogP contribution in [0.5, 0.6) is 5.75 Å². The molecule has 0 saturated heterocycles. The fraction of sp³-hybridized carbons (Fsp3) is 0.208. The predicted octanol–water partition coefficient (Wildman–Crippen LogP) is 6.05. The molecule has 1 saturated carbocycles. The molecule has 0 aliphatic heterocycles. The molecule has 0 amide bonds. The van der Waals surface area contributed by atoms with E-state index in [0.717, 1.165) is 43.4 Å². The second kappa shape index (κ2) is 8.24. The van der Waals surface area contributed by atoms with Gasteiger partial charge in [0.25, 0.3) is 5.89 Å². The van der Waals surface area contributed by atoms with Gasteiger partial charge in [-0.05, 0) is 61.4 Å². The number of carbonyl (C=O) groups is 1. The Morgan fingerprint density at radius 2 is 1.78 bits per heavy atom. The van der Waals surface area contributed by atoms with E-state index in [9.17, 15) is 14.3 Å². The first kappa shape index (κ1) is 20.5. The Bertz CT molecular complexity index is 1290. The van der Waals surface area contributed by atoms with Crippen LogP contribution < -0.4 is 0 Å². The molecular formula is C24H19ClFN3O3. The molecule has 2 aromatic heterocycles. The molecular weight excluding hydrogens is 433 g/mol. The zero-order chi connectivity index (χ0) is 22.2. The molecule has 2 aromatic carbocycles. The van der Waals surface area contributed by atoms with Crippen molar-refractivity contribution in [2.45, 2.75) is 31.7 Å². The van der Waals surface area contributed by atoms with Gasteiger partial charge < -0.3 is 14.1 Å². The number of nitrogens with zero attached hydrogens (tertiary/aromatic N) is 3. The Morgan fingerprint density at radius 1 is 1.06 bits per heavy atom. The third-order valence-electron chi connectivity index (χ3n) is 5.77. The molecule has 162 valence electrons. The molecule has 1 N–H and O–H groups in total. The Morgan fingerprint density at radius 3 is 2.53 bits per heavy atom. The van der Waals surface area contributed by atoms with Gasteiger partial charge in [0.05, 0.1) is 5.56 Å².